The molecular weight excluding hydrogens is 454 g/mol. The van der Waals surface area contributed by atoms with Gasteiger partial charge in [0, 0.05) is 35.8 Å². The molecule has 6 nitrogen and oxygen atoms in total. The maximum absolute atomic E-state index is 13.2. The second-order valence-electron chi connectivity index (χ2n) is 7.97. The van der Waals surface area contributed by atoms with E-state index in [9.17, 15) is 4.79 Å². The Bertz CT molecular complexity index is 1350. The third-order valence-electron chi connectivity index (χ3n) is 5.51. The van der Waals surface area contributed by atoms with Crippen molar-refractivity contribution in [3.05, 3.63) is 99.5 Å². The molecule has 2 aliphatic heterocycles. The highest BCUT2D eigenvalue weighted by atomic mass is 35.5. The Hall–Kier alpha value is -3.29. The molecule has 0 fully saturated rings. The predicted molar refractivity (Wildman–Crippen MR) is 134 cm³/mol. The van der Waals surface area contributed by atoms with Crippen LogP contribution in [-0.2, 0) is 10.5 Å². The molecule has 1 N–H and O–H groups in total. The van der Waals surface area contributed by atoms with E-state index in [2.05, 4.69) is 17.4 Å². The van der Waals surface area contributed by atoms with E-state index >= 15 is 0 Å². The summed E-state index contributed by atoms with van der Waals surface area (Å²) in [6.07, 6.45) is -0.428. The van der Waals surface area contributed by atoms with Gasteiger partial charge < -0.3 is 4.90 Å². The lowest BCUT2D eigenvalue weighted by Crippen LogP contribution is -2.50. The Morgan fingerprint density at radius 2 is 1.76 bits per heavy atom. The number of hydrogen-bond donors (Lipinski definition) is 1. The van der Waals surface area contributed by atoms with Gasteiger partial charge in [-0.25, -0.2) is 5.01 Å². The normalized spacial score (nSPS) is 16.9. The van der Waals surface area contributed by atoms with Crippen LogP contribution in [0.25, 0.3) is 5.70 Å². The van der Waals surface area contributed by atoms with Gasteiger partial charge >= 0.3 is 0 Å². The second kappa shape index (κ2) is 8.92. The highest BCUT2D eigenvalue weighted by Crippen LogP contribution is 2.32. The summed E-state index contributed by atoms with van der Waals surface area (Å²) in [4.78, 5) is 20.2. The molecule has 0 aliphatic carbocycles. The van der Waals surface area contributed by atoms with Gasteiger partial charge in [0.05, 0.1) is 5.36 Å². The summed E-state index contributed by atoms with van der Waals surface area (Å²) in [5.41, 5.74) is 3.67. The number of amidine groups is 1. The monoisotopic (exact) mass is 475 g/mol. The van der Waals surface area contributed by atoms with Gasteiger partial charge in [0.25, 0.3) is 5.91 Å². The molecule has 2 aliphatic rings. The Labute approximate surface area is 201 Å². The number of amides is 1. The van der Waals surface area contributed by atoms with E-state index in [4.69, 9.17) is 21.7 Å². The van der Waals surface area contributed by atoms with Gasteiger partial charge in [-0.1, -0.05) is 65.8 Å². The average molecular weight is 476 g/mol. The minimum Gasteiger partial charge on any atom is -0.378 e. The number of nitrogens with one attached hydrogen (secondary N) is 1. The van der Waals surface area contributed by atoms with Crippen LogP contribution in [0, 0.1) is 0 Å². The maximum atomic E-state index is 13.2. The van der Waals surface area contributed by atoms with Crippen molar-refractivity contribution in [1.29, 1.82) is 0 Å². The lowest BCUT2D eigenvalue weighted by molar-refractivity contribution is -0.116. The predicted octanol–water partition coefficient (Wildman–Crippen LogP) is 3.48. The lowest BCUT2D eigenvalue weighted by Gasteiger charge is -2.34. The third-order valence-corrected chi connectivity index (χ3v) is 6.70. The highest BCUT2D eigenvalue weighted by Gasteiger charge is 2.34. The third kappa shape index (κ3) is 4.34. The quantitative estimate of drug-likeness (QED) is 0.627. The topological polar surface area (TPSA) is 60.3 Å². The molecule has 3 aromatic carbocycles. The summed E-state index contributed by atoms with van der Waals surface area (Å²) >= 11 is 7.46. The highest BCUT2D eigenvalue weighted by molar-refractivity contribution is 8.13. The van der Waals surface area contributed by atoms with E-state index < -0.39 is 6.17 Å². The number of carbonyl (C=O) groups is 1. The van der Waals surface area contributed by atoms with Gasteiger partial charge in [0.2, 0.25) is 0 Å². The van der Waals surface area contributed by atoms with Gasteiger partial charge in [-0.3, -0.25) is 15.1 Å². The summed E-state index contributed by atoms with van der Waals surface area (Å²) in [5.74, 6) is 0.482. The van der Waals surface area contributed by atoms with E-state index in [0.717, 1.165) is 27.4 Å². The van der Waals surface area contributed by atoms with Crippen LogP contribution < -0.4 is 20.8 Å². The Kier molecular flexibility index (Phi) is 5.83. The summed E-state index contributed by atoms with van der Waals surface area (Å²) in [6, 6.07) is 23.5. The number of hydrazone groups is 1. The molecule has 0 aromatic heterocycles. The molecule has 1 amide bonds. The fraction of sp³-hybridized carbons (Fsp3) is 0.160. The van der Waals surface area contributed by atoms with Gasteiger partial charge in [-0.2, -0.15) is 0 Å². The number of anilines is 1. The van der Waals surface area contributed by atoms with Crippen molar-refractivity contribution < 1.29 is 4.79 Å². The summed E-state index contributed by atoms with van der Waals surface area (Å²) < 4.78 is 0. The molecule has 0 bridgehead atoms. The Morgan fingerprint density at radius 3 is 2.48 bits per heavy atom. The standard InChI is InChI=1S/C25H22ClN5OS/c1-30(2)19-13-9-17(10-14-19)23-27-21-6-4-3-5-20(21)22-24(32)28-25(29-31(22)23)33-15-16-7-11-18(26)12-8-16/h3-14,23H,15H2,1-2H3,(H,28,29,32)/t23-/m1/s1. The molecule has 5 rings (SSSR count). The smallest absolute Gasteiger partial charge is 0.276 e. The van der Waals surface area contributed by atoms with Crippen molar-refractivity contribution in [3.63, 3.8) is 0 Å². The van der Waals surface area contributed by atoms with Gasteiger partial charge in [-0.15, -0.1) is 5.10 Å². The fourth-order valence-electron chi connectivity index (χ4n) is 3.79. The van der Waals surface area contributed by atoms with Crippen molar-refractivity contribution in [2.45, 2.75) is 11.9 Å². The van der Waals surface area contributed by atoms with Crippen LogP contribution in [0.4, 0.5) is 5.69 Å². The van der Waals surface area contributed by atoms with Crippen molar-refractivity contribution >= 4 is 45.8 Å². The van der Waals surface area contributed by atoms with E-state index in [1.54, 1.807) is 5.01 Å². The largest absolute Gasteiger partial charge is 0.378 e. The van der Waals surface area contributed by atoms with Crippen molar-refractivity contribution in [1.82, 2.24) is 10.3 Å². The molecule has 3 aromatic rings. The molecule has 33 heavy (non-hydrogen) atoms. The van der Waals surface area contributed by atoms with Crippen LogP contribution in [0.3, 0.4) is 0 Å². The molecule has 0 saturated carbocycles. The number of fused-ring (bicyclic) bond motifs is 2. The first-order chi connectivity index (χ1) is 16.0. The Balaban J connectivity index is 1.53. The minimum absolute atomic E-state index is 0.180. The Morgan fingerprint density at radius 1 is 1.03 bits per heavy atom. The van der Waals surface area contributed by atoms with Crippen LogP contribution in [0.1, 0.15) is 17.3 Å². The van der Waals surface area contributed by atoms with Crippen LogP contribution in [0.2, 0.25) is 5.02 Å². The first kappa shape index (κ1) is 21.6. The number of halogens is 1. The van der Waals surface area contributed by atoms with Gasteiger partial charge in [0.1, 0.15) is 5.70 Å². The van der Waals surface area contributed by atoms with Crippen molar-refractivity contribution in [2.75, 3.05) is 19.0 Å². The number of nitrogens with zero attached hydrogens (tertiary/aromatic N) is 4. The zero-order chi connectivity index (χ0) is 22.9. The van der Waals surface area contributed by atoms with E-state index in [-0.39, 0.29) is 5.91 Å². The van der Waals surface area contributed by atoms with Gasteiger partial charge in [-0.05, 0) is 41.5 Å². The average Bonchev–Trinajstić information content (AvgIpc) is 2.83. The van der Waals surface area contributed by atoms with Gasteiger partial charge in [0.15, 0.2) is 11.3 Å². The van der Waals surface area contributed by atoms with Crippen molar-refractivity contribution in [3.8, 4) is 0 Å². The first-order valence-corrected chi connectivity index (χ1v) is 11.9. The van der Waals surface area contributed by atoms with Crippen LogP contribution in [0.15, 0.2) is 82.9 Å². The maximum Gasteiger partial charge on any atom is 0.276 e. The number of para-hydroxylation sites is 1. The molecule has 166 valence electrons. The number of benzene rings is 3. The fourth-order valence-corrected chi connectivity index (χ4v) is 4.72. The molecular formula is C25H22ClN5OS. The zero-order valence-corrected chi connectivity index (χ0v) is 19.8. The molecule has 8 heteroatoms. The van der Waals surface area contributed by atoms with Crippen LogP contribution in [0.5, 0.6) is 0 Å². The van der Waals surface area contributed by atoms with E-state index in [1.165, 1.54) is 11.8 Å². The summed E-state index contributed by atoms with van der Waals surface area (Å²) in [5, 5.41) is 12.3. The molecule has 0 spiro atoms. The molecule has 0 radical (unpaired) electrons. The molecule has 1 atom stereocenters. The summed E-state index contributed by atoms with van der Waals surface area (Å²) in [6.45, 7) is 0. The molecule has 2 heterocycles. The van der Waals surface area contributed by atoms with Crippen LogP contribution >= 0.6 is 23.4 Å². The van der Waals surface area contributed by atoms with E-state index in [0.29, 0.717) is 21.6 Å². The molecule has 0 unspecified atom stereocenters. The second-order valence-corrected chi connectivity index (χ2v) is 9.37. The number of hydrogen-bond acceptors (Lipinski definition) is 6. The number of thioether (sulfide) groups is 1. The van der Waals surface area contributed by atoms with E-state index in [1.807, 2.05) is 79.7 Å². The number of rotatable bonds is 4. The first-order valence-electron chi connectivity index (χ1n) is 10.5. The van der Waals surface area contributed by atoms with Crippen molar-refractivity contribution in [2.24, 2.45) is 10.1 Å². The minimum atomic E-state index is -0.428. The zero-order valence-electron chi connectivity index (χ0n) is 18.2. The SMILES string of the molecule is CN(C)c1ccc([C@@H]2N=c3ccccc3=C3C(=O)NC(SCc4ccc(Cl)cc4)=NN32)cc1. The summed E-state index contributed by atoms with van der Waals surface area (Å²) in [7, 11) is 4.01. The number of carbonyl (C=O) groups excluding carboxylic acids is 1. The molecule has 0 saturated heterocycles. The van der Waals surface area contributed by atoms with Crippen LogP contribution in [-0.4, -0.2) is 30.2 Å². The lowest BCUT2D eigenvalue weighted by atomic mass is 10.1.